The van der Waals surface area contributed by atoms with E-state index in [0.717, 1.165) is 16.8 Å². The topological polar surface area (TPSA) is 73.3 Å². The van der Waals surface area contributed by atoms with Gasteiger partial charge in [0.15, 0.2) is 5.65 Å². The zero-order valence-electron chi connectivity index (χ0n) is 11.1. The summed E-state index contributed by atoms with van der Waals surface area (Å²) in [6, 6.07) is 9.80. The molecule has 100 valence electrons. The Kier molecular flexibility index (Phi) is 2.95. The van der Waals surface area contributed by atoms with Gasteiger partial charge < -0.3 is 5.73 Å². The van der Waals surface area contributed by atoms with Gasteiger partial charge in [-0.05, 0) is 13.0 Å². The molecule has 0 atom stereocenters. The fraction of sp³-hybridized carbons (Fsp3) is 0.133. The summed E-state index contributed by atoms with van der Waals surface area (Å²) in [5.74, 6) is -0.390. The first-order valence-corrected chi connectivity index (χ1v) is 6.33. The Morgan fingerprint density at radius 1 is 1.30 bits per heavy atom. The zero-order valence-corrected chi connectivity index (χ0v) is 11.1. The van der Waals surface area contributed by atoms with E-state index in [9.17, 15) is 4.79 Å². The van der Waals surface area contributed by atoms with Crippen molar-refractivity contribution >= 4 is 11.6 Å². The van der Waals surface area contributed by atoms with Crippen molar-refractivity contribution in [3.8, 4) is 11.3 Å². The maximum Gasteiger partial charge on any atom is 0.222 e. The van der Waals surface area contributed by atoms with Crippen LogP contribution in [0.15, 0.2) is 42.7 Å². The molecule has 2 aromatic heterocycles. The molecule has 0 bridgehead atoms. The number of hydrogen-bond donors (Lipinski definition) is 1. The average Bonchev–Trinajstić information content (AvgIpc) is 2.78. The normalized spacial score (nSPS) is 10.8. The Balaban J connectivity index is 2.23. The van der Waals surface area contributed by atoms with E-state index >= 15 is 0 Å². The summed E-state index contributed by atoms with van der Waals surface area (Å²) >= 11 is 0. The van der Waals surface area contributed by atoms with Crippen molar-refractivity contribution in [3.63, 3.8) is 0 Å². The number of amides is 1. The van der Waals surface area contributed by atoms with Crippen LogP contribution in [0, 0.1) is 6.92 Å². The number of primary amides is 1. The molecule has 1 amide bonds. The third kappa shape index (κ3) is 2.14. The number of nitrogens with two attached hydrogens (primary N) is 1. The van der Waals surface area contributed by atoms with E-state index in [-0.39, 0.29) is 12.3 Å². The highest BCUT2D eigenvalue weighted by Crippen LogP contribution is 2.25. The van der Waals surface area contributed by atoms with E-state index in [1.807, 2.05) is 37.4 Å². The standard InChI is InChI=1S/C15H14N4O/c1-10-3-5-11(6-4-10)14-12(9-13(16)20)15-17-7-2-8-19(15)18-14/h2-8H,9H2,1H3,(H2,16,20). The van der Waals surface area contributed by atoms with Crippen LogP contribution in [0.25, 0.3) is 16.9 Å². The molecule has 0 unspecified atom stereocenters. The van der Waals surface area contributed by atoms with Crippen molar-refractivity contribution in [3.05, 3.63) is 53.9 Å². The minimum absolute atomic E-state index is 0.129. The van der Waals surface area contributed by atoms with Gasteiger partial charge in [-0.1, -0.05) is 29.8 Å². The van der Waals surface area contributed by atoms with Gasteiger partial charge in [-0.3, -0.25) is 4.79 Å². The van der Waals surface area contributed by atoms with E-state index in [1.165, 1.54) is 5.56 Å². The molecule has 0 spiro atoms. The van der Waals surface area contributed by atoms with Gasteiger partial charge in [0.25, 0.3) is 0 Å². The second kappa shape index (κ2) is 4.77. The van der Waals surface area contributed by atoms with Crippen LogP contribution in [0.2, 0.25) is 0 Å². The summed E-state index contributed by atoms with van der Waals surface area (Å²) in [6.07, 6.45) is 3.62. The lowest BCUT2D eigenvalue weighted by Gasteiger charge is -2.01. The quantitative estimate of drug-likeness (QED) is 0.784. The van der Waals surface area contributed by atoms with Crippen molar-refractivity contribution < 1.29 is 4.79 Å². The van der Waals surface area contributed by atoms with Gasteiger partial charge in [-0.25, -0.2) is 9.50 Å². The Labute approximate surface area is 116 Å². The van der Waals surface area contributed by atoms with Crippen LogP contribution in [0.5, 0.6) is 0 Å². The third-order valence-electron chi connectivity index (χ3n) is 3.17. The van der Waals surface area contributed by atoms with Gasteiger partial charge in [0.1, 0.15) is 0 Å². The summed E-state index contributed by atoms with van der Waals surface area (Å²) < 4.78 is 1.67. The summed E-state index contributed by atoms with van der Waals surface area (Å²) in [6.45, 7) is 2.03. The Bertz CT molecular complexity index is 774. The molecule has 1 aromatic carbocycles. The zero-order chi connectivity index (χ0) is 14.1. The van der Waals surface area contributed by atoms with E-state index in [2.05, 4.69) is 10.1 Å². The van der Waals surface area contributed by atoms with Crippen LogP contribution in [0.3, 0.4) is 0 Å². The van der Waals surface area contributed by atoms with E-state index in [4.69, 9.17) is 5.73 Å². The molecule has 5 heteroatoms. The van der Waals surface area contributed by atoms with Crippen molar-refractivity contribution in [2.24, 2.45) is 5.73 Å². The monoisotopic (exact) mass is 266 g/mol. The number of rotatable bonds is 3. The minimum Gasteiger partial charge on any atom is -0.369 e. The Hall–Kier alpha value is -2.69. The molecule has 0 saturated carbocycles. The third-order valence-corrected chi connectivity index (χ3v) is 3.17. The van der Waals surface area contributed by atoms with Crippen LogP contribution >= 0.6 is 0 Å². The molecule has 0 saturated heterocycles. The predicted molar refractivity (Wildman–Crippen MR) is 76.1 cm³/mol. The predicted octanol–water partition coefficient (Wildman–Crippen LogP) is 1.73. The SMILES string of the molecule is Cc1ccc(-c2nn3cccnc3c2CC(N)=O)cc1. The van der Waals surface area contributed by atoms with Crippen LogP contribution in [0.4, 0.5) is 0 Å². The number of aryl methyl sites for hydroxylation is 1. The summed E-state index contributed by atoms with van der Waals surface area (Å²) in [5.41, 5.74) is 9.66. The number of fused-ring (bicyclic) bond motifs is 1. The molecule has 20 heavy (non-hydrogen) atoms. The van der Waals surface area contributed by atoms with E-state index in [1.54, 1.807) is 16.8 Å². The van der Waals surface area contributed by atoms with Gasteiger partial charge in [0.05, 0.1) is 12.1 Å². The van der Waals surface area contributed by atoms with Crippen molar-refractivity contribution in [1.82, 2.24) is 14.6 Å². The van der Waals surface area contributed by atoms with Crippen LogP contribution < -0.4 is 5.73 Å². The lowest BCUT2D eigenvalue weighted by molar-refractivity contribution is -0.117. The van der Waals surface area contributed by atoms with Crippen molar-refractivity contribution in [2.45, 2.75) is 13.3 Å². The first-order valence-electron chi connectivity index (χ1n) is 6.33. The number of nitrogens with zero attached hydrogens (tertiary/aromatic N) is 3. The molecule has 0 aliphatic carbocycles. The fourth-order valence-electron chi connectivity index (χ4n) is 2.21. The maximum absolute atomic E-state index is 11.3. The molecule has 3 rings (SSSR count). The number of carbonyl (C=O) groups is 1. The molecule has 3 aromatic rings. The second-order valence-corrected chi connectivity index (χ2v) is 4.72. The molecule has 0 aliphatic rings. The highest BCUT2D eigenvalue weighted by molar-refractivity contribution is 5.83. The smallest absolute Gasteiger partial charge is 0.222 e. The molecule has 2 heterocycles. The first kappa shape index (κ1) is 12.3. The maximum atomic E-state index is 11.3. The molecule has 5 nitrogen and oxygen atoms in total. The average molecular weight is 266 g/mol. The number of aromatic nitrogens is 3. The van der Waals surface area contributed by atoms with Crippen molar-refractivity contribution in [2.75, 3.05) is 0 Å². The Morgan fingerprint density at radius 2 is 2.05 bits per heavy atom. The molecule has 0 fully saturated rings. The van der Waals surface area contributed by atoms with Crippen LogP contribution in [-0.2, 0) is 11.2 Å². The molecule has 0 radical (unpaired) electrons. The number of hydrogen-bond acceptors (Lipinski definition) is 3. The summed E-state index contributed by atoms with van der Waals surface area (Å²) in [7, 11) is 0. The second-order valence-electron chi connectivity index (χ2n) is 4.72. The summed E-state index contributed by atoms with van der Waals surface area (Å²) in [4.78, 5) is 15.6. The molecule has 2 N–H and O–H groups in total. The molecular weight excluding hydrogens is 252 g/mol. The van der Waals surface area contributed by atoms with Gasteiger partial charge in [-0.15, -0.1) is 0 Å². The minimum atomic E-state index is -0.390. The van der Waals surface area contributed by atoms with Gasteiger partial charge in [0.2, 0.25) is 5.91 Å². The lowest BCUT2D eigenvalue weighted by Crippen LogP contribution is -2.14. The van der Waals surface area contributed by atoms with Crippen molar-refractivity contribution in [1.29, 1.82) is 0 Å². The highest BCUT2D eigenvalue weighted by Gasteiger charge is 2.16. The number of carbonyl (C=O) groups excluding carboxylic acids is 1. The van der Waals surface area contributed by atoms with E-state index in [0.29, 0.717) is 5.65 Å². The molecule has 0 aliphatic heterocycles. The van der Waals surface area contributed by atoms with Gasteiger partial charge in [-0.2, -0.15) is 5.10 Å². The van der Waals surface area contributed by atoms with Crippen LogP contribution in [0.1, 0.15) is 11.1 Å². The highest BCUT2D eigenvalue weighted by atomic mass is 16.1. The number of benzene rings is 1. The van der Waals surface area contributed by atoms with Gasteiger partial charge >= 0.3 is 0 Å². The fourth-order valence-corrected chi connectivity index (χ4v) is 2.21. The first-order chi connectivity index (χ1) is 9.65. The lowest BCUT2D eigenvalue weighted by atomic mass is 10.0. The van der Waals surface area contributed by atoms with Crippen LogP contribution in [-0.4, -0.2) is 20.5 Å². The van der Waals surface area contributed by atoms with E-state index < -0.39 is 0 Å². The molecular formula is C15H14N4O. The van der Waals surface area contributed by atoms with Gasteiger partial charge in [0, 0.05) is 23.5 Å². The Morgan fingerprint density at radius 3 is 2.75 bits per heavy atom. The largest absolute Gasteiger partial charge is 0.369 e. The summed E-state index contributed by atoms with van der Waals surface area (Å²) in [5, 5.41) is 4.51.